The van der Waals surface area contributed by atoms with Crippen LogP contribution < -0.4 is 11.5 Å². The van der Waals surface area contributed by atoms with Crippen LogP contribution >= 0.6 is 15.9 Å². The summed E-state index contributed by atoms with van der Waals surface area (Å²) in [6.07, 6.45) is 0.405. The summed E-state index contributed by atoms with van der Waals surface area (Å²) in [7, 11) is 0. The van der Waals surface area contributed by atoms with Gasteiger partial charge in [-0.2, -0.15) is 0 Å². The normalized spacial score (nSPS) is 10.7. The fourth-order valence-corrected chi connectivity index (χ4v) is 2.11. The molecule has 90 valence electrons. The highest BCUT2D eigenvalue weighted by Gasteiger charge is 2.15. The number of halogens is 1. The molecule has 5 N–H and O–H groups in total. The van der Waals surface area contributed by atoms with E-state index in [1.54, 1.807) is 4.68 Å². The Hall–Kier alpha value is -1.53. The van der Waals surface area contributed by atoms with Gasteiger partial charge in [-0.15, -0.1) is 5.10 Å². The van der Waals surface area contributed by atoms with Gasteiger partial charge in [0.15, 0.2) is 5.82 Å². The number of aromatic nitrogens is 2. The van der Waals surface area contributed by atoms with E-state index in [-0.39, 0.29) is 6.61 Å². The third kappa shape index (κ3) is 2.13. The summed E-state index contributed by atoms with van der Waals surface area (Å²) in [5, 5.41) is 13.1. The molecule has 0 unspecified atom stereocenters. The van der Waals surface area contributed by atoms with Crippen LogP contribution in [0.4, 0.5) is 11.6 Å². The van der Waals surface area contributed by atoms with Crippen LogP contribution in [0.15, 0.2) is 28.7 Å². The van der Waals surface area contributed by atoms with Crippen LogP contribution in [-0.4, -0.2) is 21.5 Å². The van der Waals surface area contributed by atoms with Gasteiger partial charge in [0.05, 0.1) is 5.69 Å². The number of nitrogens with two attached hydrogens (primary N) is 2. The van der Waals surface area contributed by atoms with E-state index in [4.69, 9.17) is 16.6 Å². The lowest BCUT2D eigenvalue weighted by molar-refractivity contribution is 0.300. The summed E-state index contributed by atoms with van der Waals surface area (Å²) >= 11 is 3.43. The van der Waals surface area contributed by atoms with E-state index in [9.17, 15) is 0 Å². The van der Waals surface area contributed by atoms with Crippen molar-refractivity contribution in [3.05, 3.63) is 34.3 Å². The zero-order valence-corrected chi connectivity index (χ0v) is 10.7. The van der Waals surface area contributed by atoms with Gasteiger partial charge in [-0.05, 0) is 28.1 Å². The Morgan fingerprint density at radius 1 is 1.29 bits per heavy atom. The molecule has 0 bridgehead atoms. The molecule has 0 saturated carbocycles. The van der Waals surface area contributed by atoms with Crippen molar-refractivity contribution in [3.63, 3.8) is 0 Å². The summed E-state index contributed by atoms with van der Waals surface area (Å²) in [4.78, 5) is 0. The summed E-state index contributed by atoms with van der Waals surface area (Å²) in [6.45, 7) is -0.00392. The van der Waals surface area contributed by atoms with Gasteiger partial charge in [0.2, 0.25) is 0 Å². The number of para-hydroxylation sites is 1. The molecule has 1 heterocycles. The first-order valence-corrected chi connectivity index (χ1v) is 5.93. The van der Waals surface area contributed by atoms with Gasteiger partial charge >= 0.3 is 0 Å². The van der Waals surface area contributed by atoms with Crippen molar-refractivity contribution in [3.8, 4) is 5.69 Å². The molecular formula is C11H13BrN4O. The molecule has 0 radical (unpaired) electrons. The quantitative estimate of drug-likeness (QED) is 0.797. The highest BCUT2D eigenvalue weighted by molar-refractivity contribution is 9.10. The van der Waals surface area contributed by atoms with E-state index < -0.39 is 0 Å². The zero-order valence-electron chi connectivity index (χ0n) is 9.10. The molecule has 6 heteroatoms. The third-order valence-corrected chi connectivity index (χ3v) is 3.17. The minimum Gasteiger partial charge on any atom is -0.396 e. The molecule has 0 aliphatic heterocycles. The standard InChI is InChI=1S/C11H13BrN4O/c12-8-3-1-2-4-9(8)16-11(14)7(5-6-17)10(13)15-16/h1-4,17H,5-6,14H2,(H2,13,15). The molecule has 0 aliphatic rings. The molecule has 2 aromatic rings. The Bertz CT molecular complexity index is 538. The lowest BCUT2D eigenvalue weighted by Gasteiger charge is -2.06. The van der Waals surface area contributed by atoms with Gasteiger partial charge in [-0.25, -0.2) is 4.68 Å². The maximum atomic E-state index is 8.95. The van der Waals surface area contributed by atoms with Crippen LogP contribution in [-0.2, 0) is 6.42 Å². The summed E-state index contributed by atoms with van der Waals surface area (Å²) in [5.74, 6) is 0.816. The minimum absolute atomic E-state index is 0.00392. The molecule has 0 aliphatic carbocycles. The SMILES string of the molecule is Nc1nn(-c2ccccc2Br)c(N)c1CCO. The number of aliphatic hydroxyl groups is 1. The van der Waals surface area contributed by atoms with Gasteiger partial charge in [0, 0.05) is 23.1 Å². The van der Waals surface area contributed by atoms with Crippen LogP contribution in [0.5, 0.6) is 0 Å². The van der Waals surface area contributed by atoms with Crippen molar-refractivity contribution in [2.75, 3.05) is 18.1 Å². The topological polar surface area (TPSA) is 90.1 Å². The number of benzene rings is 1. The zero-order chi connectivity index (χ0) is 12.4. The van der Waals surface area contributed by atoms with E-state index in [0.29, 0.717) is 23.6 Å². The van der Waals surface area contributed by atoms with Crippen LogP contribution in [0.2, 0.25) is 0 Å². The van der Waals surface area contributed by atoms with Crippen LogP contribution in [0.1, 0.15) is 5.56 Å². The average Bonchev–Trinajstić information content (AvgIpc) is 2.58. The Balaban J connectivity index is 2.54. The molecule has 0 spiro atoms. The number of hydrogen-bond donors (Lipinski definition) is 3. The van der Waals surface area contributed by atoms with Crippen molar-refractivity contribution in [2.24, 2.45) is 0 Å². The van der Waals surface area contributed by atoms with Crippen molar-refractivity contribution < 1.29 is 5.11 Å². The predicted molar refractivity (Wildman–Crippen MR) is 70.9 cm³/mol. The third-order valence-electron chi connectivity index (χ3n) is 2.50. The fourth-order valence-electron chi connectivity index (χ4n) is 1.66. The van der Waals surface area contributed by atoms with Crippen LogP contribution in [0.25, 0.3) is 5.69 Å². The van der Waals surface area contributed by atoms with E-state index in [0.717, 1.165) is 10.2 Å². The number of anilines is 2. The highest BCUT2D eigenvalue weighted by Crippen LogP contribution is 2.27. The summed E-state index contributed by atoms with van der Waals surface area (Å²) in [6, 6.07) is 7.59. The molecule has 5 nitrogen and oxygen atoms in total. The largest absolute Gasteiger partial charge is 0.396 e. The summed E-state index contributed by atoms with van der Waals surface area (Å²) < 4.78 is 2.45. The van der Waals surface area contributed by atoms with Gasteiger partial charge in [-0.1, -0.05) is 12.1 Å². The van der Waals surface area contributed by atoms with Gasteiger partial charge < -0.3 is 16.6 Å². The van der Waals surface area contributed by atoms with Crippen molar-refractivity contribution in [1.29, 1.82) is 0 Å². The first kappa shape index (κ1) is 11.9. The summed E-state index contributed by atoms with van der Waals surface area (Å²) in [5.41, 5.74) is 13.3. The Kier molecular flexibility index (Phi) is 3.35. The Labute approximate surface area is 107 Å². The van der Waals surface area contributed by atoms with Crippen LogP contribution in [0, 0.1) is 0 Å². The molecule has 17 heavy (non-hydrogen) atoms. The Morgan fingerprint density at radius 2 is 2.00 bits per heavy atom. The maximum Gasteiger partial charge on any atom is 0.151 e. The van der Waals surface area contributed by atoms with E-state index in [2.05, 4.69) is 21.0 Å². The lowest BCUT2D eigenvalue weighted by atomic mass is 10.2. The first-order chi connectivity index (χ1) is 8.15. The van der Waals surface area contributed by atoms with Gasteiger partial charge in [0.25, 0.3) is 0 Å². The average molecular weight is 297 g/mol. The molecule has 1 aromatic heterocycles. The smallest absolute Gasteiger partial charge is 0.151 e. The van der Waals surface area contributed by atoms with E-state index >= 15 is 0 Å². The monoisotopic (exact) mass is 296 g/mol. The second kappa shape index (κ2) is 4.77. The van der Waals surface area contributed by atoms with Crippen molar-refractivity contribution in [2.45, 2.75) is 6.42 Å². The van der Waals surface area contributed by atoms with Crippen molar-refractivity contribution in [1.82, 2.24) is 9.78 Å². The van der Waals surface area contributed by atoms with E-state index in [1.165, 1.54) is 0 Å². The maximum absolute atomic E-state index is 8.95. The molecule has 2 rings (SSSR count). The number of aliphatic hydroxyl groups excluding tert-OH is 1. The lowest BCUT2D eigenvalue weighted by Crippen LogP contribution is -2.04. The second-order valence-electron chi connectivity index (χ2n) is 3.59. The number of nitrogens with zero attached hydrogens (tertiary/aromatic N) is 2. The van der Waals surface area contributed by atoms with E-state index in [1.807, 2.05) is 24.3 Å². The molecule has 1 aromatic carbocycles. The second-order valence-corrected chi connectivity index (χ2v) is 4.44. The number of nitrogen functional groups attached to an aromatic ring is 2. The van der Waals surface area contributed by atoms with Crippen molar-refractivity contribution >= 4 is 27.6 Å². The fraction of sp³-hybridized carbons (Fsp3) is 0.182. The Morgan fingerprint density at radius 3 is 2.65 bits per heavy atom. The van der Waals surface area contributed by atoms with Crippen LogP contribution in [0.3, 0.4) is 0 Å². The number of hydrogen-bond acceptors (Lipinski definition) is 4. The molecule has 0 amide bonds. The van der Waals surface area contributed by atoms with Gasteiger partial charge in [0.1, 0.15) is 5.82 Å². The predicted octanol–water partition coefficient (Wildman–Crippen LogP) is 1.33. The highest BCUT2D eigenvalue weighted by atomic mass is 79.9. The molecular weight excluding hydrogens is 284 g/mol. The minimum atomic E-state index is -0.00392. The molecule has 0 fully saturated rings. The molecule has 0 saturated heterocycles. The first-order valence-electron chi connectivity index (χ1n) is 5.13. The van der Waals surface area contributed by atoms with Gasteiger partial charge in [-0.3, -0.25) is 0 Å². The number of rotatable bonds is 3. The molecule has 0 atom stereocenters.